The van der Waals surface area contributed by atoms with Gasteiger partial charge in [0.1, 0.15) is 6.61 Å². The molecule has 1 aliphatic heterocycles. The van der Waals surface area contributed by atoms with Crippen LogP contribution in [0, 0.1) is 0 Å². The maximum atomic E-state index is 12.6. The second-order valence-electron chi connectivity index (χ2n) is 14.1. The molecule has 16 nitrogen and oxygen atoms in total. The van der Waals surface area contributed by atoms with Gasteiger partial charge in [-0.05, 0) is 41.5 Å². The quantitative estimate of drug-likeness (QED) is 0.0862. The minimum absolute atomic E-state index is 0.0364. The van der Waals surface area contributed by atoms with Gasteiger partial charge in [-0.15, -0.1) is 0 Å². The number of likely N-dealkylation sites (N-methyl/N-ethyl adjacent to an activating group) is 1. The van der Waals surface area contributed by atoms with Crippen molar-refractivity contribution in [1.29, 1.82) is 0 Å². The highest BCUT2D eigenvalue weighted by molar-refractivity contribution is 5.79. The van der Waals surface area contributed by atoms with E-state index in [4.69, 9.17) is 66.3 Å². The van der Waals surface area contributed by atoms with Crippen LogP contribution < -0.4 is 0 Å². The SMILES string of the molecule is CN(CCOCCOCCOCCOCCOCCOCCOCCOCCOCCOCCOCCOC1CCCCO1)C(=O)OCC1c2ccccc2-c2ccccc21. The molecule has 1 amide bonds. The van der Waals surface area contributed by atoms with E-state index >= 15 is 0 Å². The zero-order valence-corrected chi connectivity index (χ0v) is 36.4. The first kappa shape index (κ1) is 50.8. The second-order valence-corrected chi connectivity index (χ2v) is 14.1. The van der Waals surface area contributed by atoms with E-state index in [1.807, 2.05) is 24.3 Å². The van der Waals surface area contributed by atoms with Crippen LogP contribution in [0.25, 0.3) is 11.1 Å². The lowest BCUT2D eigenvalue weighted by Crippen LogP contribution is -2.32. The third-order valence-electron chi connectivity index (χ3n) is 9.61. The Bertz CT molecular complexity index is 1320. The molecule has 4 rings (SSSR count). The molecule has 0 aromatic heterocycles. The molecular formula is C45H71NO15. The number of nitrogens with zero attached hydrogens (tertiary/aromatic N) is 1. The summed E-state index contributed by atoms with van der Waals surface area (Å²) >= 11 is 0. The fourth-order valence-corrected chi connectivity index (χ4v) is 6.38. The van der Waals surface area contributed by atoms with E-state index < -0.39 is 0 Å². The van der Waals surface area contributed by atoms with Crippen molar-refractivity contribution >= 4 is 6.09 Å². The second kappa shape index (κ2) is 34.6. The van der Waals surface area contributed by atoms with E-state index in [1.54, 1.807) is 7.05 Å². The Hall–Kier alpha value is -2.81. The van der Waals surface area contributed by atoms with Crippen molar-refractivity contribution in [3.05, 3.63) is 59.7 Å². The van der Waals surface area contributed by atoms with E-state index in [-0.39, 0.29) is 18.3 Å². The van der Waals surface area contributed by atoms with Gasteiger partial charge in [-0.2, -0.15) is 0 Å². The van der Waals surface area contributed by atoms with E-state index in [0.29, 0.717) is 165 Å². The lowest BCUT2D eigenvalue weighted by molar-refractivity contribution is -0.169. The third kappa shape index (κ3) is 22.9. The summed E-state index contributed by atoms with van der Waals surface area (Å²) in [4.78, 5) is 14.2. The minimum Gasteiger partial charge on any atom is -0.448 e. The highest BCUT2D eigenvalue weighted by Gasteiger charge is 2.29. The summed E-state index contributed by atoms with van der Waals surface area (Å²) in [5.74, 6) is 0.0364. The fourth-order valence-electron chi connectivity index (χ4n) is 6.38. The third-order valence-corrected chi connectivity index (χ3v) is 9.61. The topological polar surface area (TPSA) is 150 Å². The first-order valence-corrected chi connectivity index (χ1v) is 21.9. The van der Waals surface area contributed by atoms with Gasteiger partial charge < -0.3 is 71.2 Å². The molecule has 2 aromatic carbocycles. The summed E-state index contributed by atoms with van der Waals surface area (Å²) in [5, 5.41) is 0. The molecule has 0 bridgehead atoms. The number of carbonyl (C=O) groups excluding carboxylic acids is 1. The highest BCUT2D eigenvalue weighted by Crippen LogP contribution is 2.44. The summed E-state index contributed by atoms with van der Waals surface area (Å²) in [6, 6.07) is 16.6. The van der Waals surface area contributed by atoms with Crippen LogP contribution in [0.4, 0.5) is 4.79 Å². The molecule has 61 heavy (non-hydrogen) atoms. The normalized spacial score (nSPS) is 14.9. The number of fused-ring (bicyclic) bond motifs is 3. The number of carbonyl (C=O) groups is 1. The first-order valence-electron chi connectivity index (χ1n) is 21.9. The molecular weight excluding hydrogens is 794 g/mol. The van der Waals surface area contributed by atoms with Crippen molar-refractivity contribution in [1.82, 2.24) is 4.90 Å². The summed E-state index contributed by atoms with van der Waals surface area (Å²) in [6.45, 7) is 12.8. The molecule has 2 aromatic rings. The van der Waals surface area contributed by atoms with Crippen LogP contribution in [0.2, 0.25) is 0 Å². The number of rotatable bonds is 39. The van der Waals surface area contributed by atoms with Gasteiger partial charge >= 0.3 is 6.09 Å². The van der Waals surface area contributed by atoms with Crippen molar-refractivity contribution in [2.45, 2.75) is 31.5 Å². The van der Waals surface area contributed by atoms with Crippen LogP contribution in [0.15, 0.2) is 48.5 Å². The number of hydrogen-bond donors (Lipinski definition) is 0. The Morgan fingerprint density at radius 3 is 1.25 bits per heavy atom. The molecule has 1 unspecified atom stereocenters. The van der Waals surface area contributed by atoms with E-state index in [9.17, 15) is 4.79 Å². The predicted octanol–water partition coefficient (Wildman–Crippen LogP) is 4.59. The van der Waals surface area contributed by atoms with Crippen LogP contribution in [0.1, 0.15) is 36.3 Å². The molecule has 1 fully saturated rings. The molecule has 0 radical (unpaired) electrons. The monoisotopic (exact) mass is 865 g/mol. The zero-order valence-electron chi connectivity index (χ0n) is 36.4. The Balaban J connectivity index is 0.774. The maximum Gasteiger partial charge on any atom is 0.409 e. The lowest BCUT2D eigenvalue weighted by Gasteiger charge is -2.22. The van der Waals surface area contributed by atoms with Gasteiger partial charge in [-0.25, -0.2) is 4.79 Å². The van der Waals surface area contributed by atoms with Gasteiger partial charge in [-0.3, -0.25) is 0 Å². The Kier molecular flexibility index (Phi) is 28.9. The van der Waals surface area contributed by atoms with Gasteiger partial charge in [0.25, 0.3) is 0 Å². The first-order chi connectivity index (χ1) is 30.2. The minimum atomic E-state index is -0.365. The summed E-state index contributed by atoms with van der Waals surface area (Å²) < 4.78 is 77.6. The van der Waals surface area contributed by atoms with Gasteiger partial charge in [0.05, 0.1) is 152 Å². The van der Waals surface area contributed by atoms with Crippen LogP contribution >= 0.6 is 0 Å². The van der Waals surface area contributed by atoms with Crippen LogP contribution in [-0.2, 0) is 66.3 Å². The summed E-state index contributed by atoms with van der Waals surface area (Å²) in [7, 11) is 1.71. The summed E-state index contributed by atoms with van der Waals surface area (Å²) in [5.41, 5.74) is 4.79. The van der Waals surface area contributed by atoms with E-state index in [1.165, 1.54) is 27.2 Å². The van der Waals surface area contributed by atoms with Crippen molar-refractivity contribution in [3.8, 4) is 11.1 Å². The van der Waals surface area contributed by atoms with Gasteiger partial charge in [-0.1, -0.05) is 48.5 Å². The smallest absolute Gasteiger partial charge is 0.409 e. The molecule has 2 aliphatic rings. The van der Waals surface area contributed by atoms with E-state index in [0.717, 1.165) is 25.9 Å². The van der Waals surface area contributed by atoms with Crippen molar-refractivity contribution < 1.29 is 71.1 Å². The number of amides is 1. The van der Waals surface area contributed by atoms with Gasteiger partial charge in [0, 0.05) is 26.1 Å². The van der Waals surface area contributed by atoms with Crippen molar-refractivity contribution in [2.24, 2.45) is 0 Å². The number of ether oxygens (including phenoxy) is 14. The molecule has 1 heterocycles. The Morgan fingerprint density at radius 1 is 0.508 bits per heavy atom. The summed E-state index contributed by atoms with van der Waals surface area (Å²) in [6.07, 6.45) is 2.80. The Labute approximate surface area is 362 Å². The average molecular weight is 866 g/mol. The van der Waals surface area contributed by atoms with E-state index in [2.05, 4.69) is 24.3 Å². The molecule has 346 valence electrons. The predicted molar refractivity (Wildman–Crippen MR) is 226 cm³/mol. The Morgan fingerprint density at radius 2 is 0.869 bits per heavy atom. The van der Waals surface area contributed by atoms with Crippen molar-refractivity contribution in [3.63, 3.8) is 0 Å². The van der Waals surface area contributed by atoms with Crippen LogP contribution in [0.5, 0.6) is 0 Å². The molecule has 0 saturated carbocycles. The fraction of sp³-hybridized carbons (Fsp3) is 0.711. The standard InChI is InChI=1S/C45H71NO15/c1-46(45(47)61-38-43-41-10-4-2-8-39(41)40-9-3-5-11-42(40)43)13-15-48-16-17-49-18-19-50-20-21-51-22-23-52-24-25-53-26-27-54-28-29-55-30-31-56-32-33-57-34-35-58-36-37-60-44-12-6-7-14-59-44/h2-5,8-11,43-44H,6-7,12-38H2,1H3. The number of benzene rings is 2. The molecule has 1 saturated heterocycles. The molecule has 1 atom stereocenters. The number of hydrogen-bond acceptors (Lipinski definition) is 15. The van der Waals surface area contributed by atoms with Crippen LogP contribution in [-0.4, -0.2) is 196 Å². The molecule has 1 aliphatic carbocycles. The van der Waals surface area contributed by atoms with Gasteiger partial charge in [0.2, 0.25) is 0 Å². The van der Waals surface area contributed by atoms with Crippen molar-refractivity contribution in [2.75, 3.05) is 179 Å². The average Bonchev–Trinajstić information content (AvgIpc) is 3.61. The molecule has 16 heteroatoms. The van der Waals surface area contributed by atoms with Crippen LogP contribution in [0.3, 0.4) is 0 Å². The molecule has 0 N–H and O–H groups in total. The zero-order chi connectivity index (χ0) is 42.7. The largest absolute Gasteiger partial charge is 0.448 e. The lowest BCUT2D eigenvalue weighted by atomic mass is 9.98. The molecule has 0 spiro atoms. The van der Waals surface area contributed by atoms with Gasteiger partial charge in [0.15, 0.2) is 6.29 Å². The highest BCUT2D eigenvalue weighted by atomic mass is 16.7. The maximum absolute atomic E-state index is 12.6.